The second-order valence-corrected chi connectivity index (χ2v) is 9.40. The Morgan fingerprint density at radius 1 is 1.20 bits per heavy atom. The molecule has 2 heterocycles. The van der Waals surface area contributed by atoms with Gasteiger partial charge in [-0.15, -0.1) is 0 Å². The smallest absolute Gasteiger partial charge is 0.236 e. The number of fused-ring (bicyclic) bond motifs is 1. The summed E-state index contributed by atoms with van der Waals surface area (Å²) in [5, 5.41) is 0. The Balaban J connectivity index is 1.61. The quantitative estimate of drug-likeness (QED) is 0.846. The highest BCUT2D eigenvalue weighted by Gasteiger charge is 2.38. The molecular weight excluding hydrogens is 338 g/mol. The molecule has 1 amide bonds. The predicted molar refractivity (Wildman–Crippen MR) is 97.2 cm³/mol. The van der Waals surface area contributed by atoms with E-state index in [1.54, 1.807) is 0 Å². The van der Waals surface area contributed by atoms with Crippen LogP contribution < -0.4 is 4.72 Å². The van der Waals surface area contributed by atoms with Crippen molar-refractivity contribution in [2.75, 3.05) is 25.9 Å². The number of nitrogens with zero attached hydrogens (tertiary/aromatic N) is 2. The fraction of sp³-hybridized carbons (Fsp3) is 0.611. The molecule has 0 radical (unpaired) electrons. The number of likely N-dealkylation sites (tertiary alicyclic amines) is 1. The van der Waals surface area contributed by atoms with Crippen molar-refractivity contribution in [3.05, 3.63) is 35.4 Å². The van der Waals surface area contributed by atoms with Crippen molar-refractivity contribution in [2.45, 2.75) is 33.0 Å². The molecule has 7 heteroatoms. The number of carbonyl (C=O) groups is 1. The van der Waals surface area contributed by atoms with Gasteiger partial charge in [-0.05, 0) is 23.0 Å². The van der Waals surface area contributed by atoms with Gasteiger partial charge in [-0.3, -0.25) is 9.69 Å². The van der Waals surface area contributed by atoms with E-state index in [9.17, 15) is 13.2 Å². The highest BCUT2D eigenvalue weighted by atomic mass is 32.2. The number of rotatable bonds is 5. The van der Waals surface area contributed by atoms with E-state index in [0.29, 0.717) is 25.6 Å². The summed E-state index contributed by atoms with van der Waals surface area (Å²) in [6.07, 6.45) is 1.18. The van der Waals surface area contributed by atoms with Gasteiger partial charge in [0.25, 0.3) is 0 Å². The summed E-state index contributed by atoms with van der Waals surface area (Å²) < 4.78 is 25.9. The first-order chi connectivity index (χ1) is 11.7. The summed E-state index contributed by atoms with van der Waals surface area (Å²) in [7, 11) is -3.28. The monoisotopic (exact) mass is 365 g/mol. The van der Waals surface area contributed by atoms with Gasteiger partial charge in [0, 0.05) is 32.2 Å². The van der Waals surface area contributed by atoms with Gasteiger partial charge in [0.15, 0.2) is 0 Å². The molecule has 2 aliphatic heterocycles. The maximum absolute atomic E-state index is 12.7. The first-order valence-electron chi connectivity index (χ1n) is 8.77. The zero-order chi connectivity index (χ0) is 18.2. The zero-order valence-electron chi connectivity index (χ0n) is 15.1. The van der Waals surface area contributed by atoms with Crippen LogP contribution in [-0.2, 0) is 27.9 Å². The molecule has 0 aliphatic carbocycles. The van der Waals surface area contributed by atoms with E-state index in [-0.39, 0.29) is 17.9 Å². The average Bonchev–Trinajstić information content (AvgIpc) is 3.08. The Morgan fingerprint density at radius 3 is 2.32 bits per heavy atom. The van der Waals surface area contributed by atoms with Gasteiger partial charge in [0.05, 0.1) is 12.8 Å². The predicted octanol–water partition coefficient (Wildman–Crippen LogP) is 1.03. The van der Waals surface area contributed by atoms with E-state index in [4.69, 9.17) is 0 Å². The van der Waals surface area contributed by atoms with Crippen molar-refractivity contribution >= 4 is 15.9 Å². The summed E-state index contributed by atoms with van der Waals surface area (Å²) >= 11 is 0. The molecule has 0 bridgehead atoms. The molecule has 0 unspecified atom stereocenters. The second-order valence-electron chi connectivity index (χ2n) is 7.62. The molecule has 0 saturated carbocycles. The molecule has 0 aromatic heterocycles. The molecule has 2 atom stereocenters. The van der Waals surface area contributed by atoms with Crippen LogP contribution in [0.25, 0.3) is 0 Å². The summed E-state index contributed by atoms with van der Waals surface area (Å²) in [6, 6.07) is 8.07. The number of hydrogen-bond acceptors (Lipinski definition) is 4. The number of nitrogens with one attached hydrogen (secondary N) is 1. The zero-order valence-corrected chi connectivity index (χ0v) is 15.9. The van der Waals surface area contributed by atoms with Crippen molar-refractivity contribution in [1.82, 2.24) is 14.5 Å². The Morgan fingerprint density at radius 2 is 1.80 bits per heavy atom. The highest BCUT2D eigenvalue weighted by Crippen LogP contribution is 2.26. The minimum Gasteiger partial charge on any atom is -0.340 e. The molecule has 1 N–H and O–H groups in total. The van der Waals surface area contributed by atoms with Crippen LogP contribution in [0, 0.1) is 11.8 Å². The molecular formula is C18H27N3O3S. The number of hydrogen-bond donors (Lipinski definition) is 1. The van der Waals surface area contributed by atoms with Gasteiger partial charge in [-0.2, -0.15) is 0 Å². The molecule has 1 fully saturated rings. The molecule has 6 nitrogen and oxygen atoms in total. The maximum Gasteiger partial charge on any atom is 0.236 e. The Kier molecular flexibility index (Phi) is 5.18. The van der Waals surface area contributed by atoms with Crippen LogP contribution >= 0.6 is 0 Å². The lowest BCUT2D eigenvalue weighted by Gasteiger charge is -2.21. The van der Waals surface area contributed by atoms with Crippen molar-refractivity contribution in [2.24, 2.45) is 11.8 Å². The van der Waals surface area contributed by atoms with Crippen LogP contribution in [-0.4, -0.2) is 56.1 Å². The SMILES string of the molecule is CC(C)[C@@H]1CN(C(=O)CN2Cc3ccccc3C2)C[C@H]1NS(C)(=O)=O. The van der Waals surface area contributed by atoms with Gasteiger partial charge < -0.3 is 4.90 Å². The Labute approximate surface area is 150 Å². The van der Waals surface area contributed by atoms with Crippen LogP contribution in [0.4, 0.5) is 0 Å². The van der Waals surface area contributed by atoms with Crippen molar-refractivity contribution in [1.29, 1.82) is 0 Å². The minimum atomic E-state index is -3.28. The molecule has 2 aliphatic rings. The number of amides is 1. The van der Waals surface area contributed by atoms with Crippen LogP contribution in [0.2, 0.25) is 0 Å². The second kappa shape index (κ2) is 7.05. The molecule has 0 spiro atoms. The lowest BCUT2D eigenvalue weighted by Crippen LogP contribution is -2.42. The van der Waals surface area contributed by atoms with Crippen LogP contribution in [0.3, 0.4) is 0 Å². The van der Waals surface area contributed by atoms with E-state index >= 15 is 0 Å². The van der Waals surface area contributed by atoms with E-state index in [0.717, 1.165) is 13.1 Å². The topological polar surface area (TPSA) is 69.7 Å². The molecule has 138 valence electrons. The Bertz CT molecular complexity index is 723. The van der Waals surface area contributed by atoms with Crippen LogP contribution in [0.5, 0.6) is 0 Å². The normalized spacial score (nSPS) is 24.1. The largest absolute Gasteiger partial charge is 0.340 e. The number of carbonyl (C=O) groups excluding carboxylic acids is 1. The van der Waals surface area contributed by atoms with E-state index < -0.39 is 10.0 Å². The summed E-state index contributed by atoms with van der Waals surface area (Å²) in [5.41, 5.74) is 2.57. The molecule has 3 rings (SSSR count). The van der Waals surface area contributed by atoms with Crippen molar-refractivity contribution < 1.29 is 13.2 Å². The summed E-state index contributed by atoms with van der Waals surface area (Å²) in [4.78, 5) is 16.7. The van der Waals surface area contributed by atoms with E-state index in [1.807, 2.05) is 17.0 Å². The van der Waals surface area contributed by atoms with Gasteiger partial charge >= 0.3 is 0 Å². The van der Waals surface area contributed by atoms with Gasteiger partial charge in [-0.25, -0.2) is 13.1 Å². The standard InChI is InChI=1S/C18H27N3O3S/c1-13(2)16-10-21(11-17(16)19-25(3,23)24)18(22)12-20-8-14-6-4-5-7-15(14)9-20/h4-7,13,16-17,19H,8-12H2,1-3H3/t16-,17+/m0/s1. The van der Waals surface area contributed by atoms with Gasteiger partial charge in [-0.1, -0.05) is 38.1 Å². The van der Waals surface area contributed by atoms with Gasteiger partial charge in [0.2, 0.25) is 15.9 Å². The maximum atomic E-state index is 12.7. The molecule has 1 aromatic carbocycles. The highest BCUT2D eigenvalue weighted by molar-refractivity contribution is 7.88. The lowest BCUT2D eigenvalue weighted by atomic mass is 9.92. The third-order valence-corrected chi connectivity index (χ3v) is 5.94. The van der Waals surface area contributed by atoms with Crippen LogP contribution in [0.15, 0.2) is 24.3 Å². The Hall–Kier alpha value is -1.44. The average molecular weight is 365 g/mol. The van der Waals surface area contributed by atoms with E-state index in [1.165, 1.54) is 17.4 Å². The molecule has 1 saturated heterocycles. The number of sulfonamides is 1. The van der Waals surface area contributed by atoms with Crippen LogP contribution in [0.1, 0.15) is 25.0 Å². The number of benzene rings is 1. The van der Waals surface area contributed by atoms with Crippen molar-refractivity contribution in [3.63, 3.8) is 0 Å². The summed E-state index contributed by atoms with van der Waals surface area (Å²) in [6.45, 7) is 7.20. The molecule has 25 heavy (non-hydrogen) atoms. The molecule has 1 aromatic rings. The minimum absolute atomic E-state index is 0.0799. The van der Waals surface area contributed by atoms with Crippen molar-refractivity contribution in [3.8, 4) is 0 Å². The first-order valence-corrected chi connectivity index (χ1v) is 10.7. The van der Waals surface area contributed by atoms with Gasteiger partial charge in [0.1, 0.15) is 0 Å². The van der Waals surface area contributed by atoms with E-state index in [2.05, 4.69) is 35.6 Å². The summed E-state index contributed by atoms with van der Waals surface area (Å²) in [5.74, 6) is 0.541. The first kappa shape index (κ1) is 18.4. The fourth-order valence-corrected chi connectivity index (χ4v) is 4.71. The third kappa shape index (κ3) is 4.40. The fourth-order valence-electron chi connectivity index (χ4n) is 3.91. The third-order valence-electron chi connectivity index (χ3n) is 5.20. The lowest BCUT2D eigenvalue weighted by molar-refractivity contribution is -0.131.